The molecule has 0 aliphatic heterocycles. The van der Waals surface area contributed by atoms with Crippen LogP contribution in [-0.4, -0.2) is 11.2 Å². The Labute approximate surface area is 94.3 Å². The Bertz CT molecular complexity index is 202. The highest BCUT2D eigenvalue weighted by atomic mass is 16.3. The molecular weight excluding hydrogens is 184 g/mol. The Morgan fingerprint density at radius 2 is 1.73 bits per heavy atom. The number of hydrogen-bond acceptors (Lipinski definition) is 1. The van der Waals surface area contributed by atoms with Gasteiger partial charge in [-0.15, -0.1) is 0 Å². The zero-order valence-corrected chi connectivity index (χ0v) is 10.3. The van der Waals surface area contributed by atoms with Crippen LogP contribution >= 0.6 is 0 Å². The van der Waals surface area contributed by atoms with Crippen molar-refractivity contribution in [3.8, 4) is 0 Å². The molecule has 0 bridgehead atoms. The van der Waals surface area contributed by atoms with Gasteiger partial charge in [-0.2, -0.15) is 0 Å². The number of aliphatic hydroxyl groups excluding tert-OH is 1. The van der Waals surface area contributed by atoms with E-state index >= 15 is 0 Å². The van der Waals surface area contributed by atoms with Crippen molar-refractivity contribution in [2.75, 3.05) is 0 Å². The van der Waals surface area contributed by atoms with Crippen LogP contribution in [0.15, 0.2) is 0 Å². The Kier molecular flexibility index (Phi) is 3.71. The Morgan fingerprint density at radius 3 is 2.33 bits per heavy atom. The van der Waals surface area contributed by atoms with Gasteiger partial charge in [0.2, 0.25) is 0 Å². The summed E-state index contributed by atoms with van der Waals surface area (Å²) in [5, 5.41) is 9.86. The quantitative estimate of drug-likeness (QED) is 0.738. The van der Waals surface area contributed by atoms with Crippen LogP contribution in [0.25, 0.3) is 0 Å². The van der Waals surface area contributed by atoms with E-state index in [1.165, 1.54) is 38.5 Å². The molecule has 0 amide bonds. The van der Waals surface area contributed by atoms with E-state index in [1.807, 2.05) is 0 Å². The molecule has 5 unspecified atom stereocenters. The first kappa shape index (κ1) is 11.4. The molecule has 2 aliphatic carbocycles. The SMILES string of the molecule is CCC1CCCCC1C1CCC(O)C1C. The third-order valence-electron chi connectivity index (χ3n) is 5.12. The summed E-state index contributed by atoms with van der Waals surface area (Å²) >= 11 is 0. The minimum atomic E-state index is -0.00515. The van der Waals surface area contributed by atoms with Crippen molar-refractivity contribution in [3.05, 3.63) is 0 Å². The summed E-state index contributed by atoms with van der Waals surface area (Å²) in [4.78, 5) is 0. The van der Waals surface area contributed by atoms with Crippen molar-refractivity contribution < 1.29 is 5.11 Å². The molecule has 1 N–H and O–H groups in total. The van der Waals surface area contributed by atoms with Crippen molar-refractivity contribution in [2.45, 2.75) is 64.9 Å². The maximum Gasteiger partial charge on any atom is 0.0568 e. The summed E-state index contributed by atoms with van der Waals surface area (Å²) in [7, 11) is 0. The summed E-state index contributed by atoms with van der Waals surface area (Å²) in [6, 6.07) is 0. The molecule has 2 fully saturated rings. The van der Waals surface area contributed by atoms with E-state index in [1.54, 1.807) is 0 Å². The van der Waals surface area contributed by atoms with Gasteiger partial charge in [0.1, 0.15) is 0 Å². The van der Waals surface area contributed by atoms with E-state index in [4.69, 9.17) is 0 Å². The Hall–Kier alpha value is -0.0400. The zero-order valence-electron chi connectivity index (χ0n) is 10.3. The summed E-state index contributed by atoms with van der Waals surface area (Å²) in [5.41, 5.74) is 0. The molecule has 1 nitrogen and oxygen atoms in total. The van der Waals surface area contributed by atoms with E-state index in [9.17, 15) is 5.11 Å². The standard InChI is InChI=1S/C14H26O/c1-3-11-6-4-5-7-13(11)12-8-9-14(15)10(12)2/h10-15H,3-9H2,1-2H3. The second kappa shape index (κ2) is 4.86. The average Bonchev–Trinajstić information content (AvgIpc) is 2.60. The predicted octanol–water partition coefficient (Wildman–Crippen LogP) is 3.61. The number of aliphatic hydroxyl groups is 1. The molecule has 0 aromatic carbocycles. The van der Waals surface area contributed by atoms with E-state index in [0.29, 0.717) is 5.92 Å². The van der Waals surface area contributed by atoms with Gasteiger partial charge in [0.05, 0.1) is 6.10 Å². The highest BCUT2D eigenvalue weighted by molar-refractivity contribution is 4.89. The summed E-state index contributed by atoms with van der Waals surface area (Å²) in [6.07, 6.45) is 9.43. The van der Waals surface area contributed by atoms with Crippen LogP contribution in [0.1, 0.15) is 58.8 Å². The molecule has 1 heteroatoms. The summed E-state index contributed by atoms with van der Waals surface area (Å²) < 4.78 is 0. The van der Waals surface area contributed by atoms with E-state index < -0.39 is 0 Å². The zero-order chi connectivity index (χ0) is 10.8. The maximum atomic E-state index is 9.86. The fourth-order valence-electron chi connectivity index (χ4n) is 4.09. The highest BCUT2D eigenvalue weighted by Crippen LogP contribution is 2.46. The van der Waals surface area contributed by atoms with Gasteiger partial charge in [-0.05, 0) is 42.9 Å². The third-order valence-corrected chi connectivity index (χ3v) is 5.12. The van der Waals surface area contributed by atoms with E-state index in [-0.39, 0.29) is 6.10 Å². The van der Waals surface area contributed by atoms with Gasteiger partial charge >= 0.3 is 0 Å². The van der Waals surface area contributed by atoms with Crippen molar-refractivity contribution in [1.82, 2.24) is 0 Å². The minimum Gasteiger partial charge on any atom is -0.393 e. The van der Waals surface area contributed by atoms with Gasteiger partial charge in [0, 0.05) is 0 Å². The van der Waals surface area contributed by atoms with Gasteiger partial charge < -0.3 is 5.11 Å². The molecule has 5 atom stereocenters. The molecule has 88 valence electrons. The van der Waals surface area contributed by atoms with Crippen LogP contribution in [0.4, 0.5) is 0 Å². The van der Waals surface area contributed by atoms with Crippen LogP contribution in [0.5, 0.6) is 0 Å². The van der Waals surface area contributed by atoms with Crippen LogP contribution in [0, 0.1) is 23.7 Å². The largest absolute Gasteiger partial charge is 0.393 e. The fraction of sp³-hybridized carbons (Fsp3) is 1.00. The molecule has 0 saturated heterocycles. The normalized spacial score (nSPS) is 47.0. The van der Waals surface area contributed by atoms with Crippen molar-refractivity contribution in [2.24, 2.45) is 23.7 Å². The van der Waals surface area contributed by atoms with Crippen molar-refractivity contribution >= 4 is 0 Å². The molecule has 0 radical (unpaired) electrons. The lowest BCUT2D eigenvalue weighted by Crippen LogP contribution is -2.30. The van der Waals surface area contributed by atoms with Crippen LogP contribution in [0.2, 0.25) is 0 Å². The monoisotopic (exact) mass is 210 g/mol. The van der Waals surface area contributed by atoms with E-state index in [2.05, 4.69) is 13.8 Å². The Balaban J connectivity index is 2.01. The lowest BCUT2D eigenvalue weighted by molar-refractivity contribution is 0.0814. The lowest BCUT2D eigenvalue weighted by Gasteiger charge is -2.37. The second-order valence-corrected chi connectivity index (χ2v) is 5.78. The molecule has 2 rings (SSSR count). The first-order chi connectivity index (χ1) is 7.24. The topological polar surface area (TPSA) is 20.2 Å². The average molecular weight is 210 g/mol. The number of hydrogen-bond donors (Lipinski definition) is 1. The van der Waals surface area contributed by atoms with Gasteiger partial charge in [0.25, 0.3) is 0 Å². The number of rotatable bonds is 2. The van der Waals surface area contributed by atoms with Crippen LogP contribution in [0.3, 0.4) is 0 Å². The summed E-state index contributed by atoms with van der Waals surface area (Å²) in [6.45, 7) is 4.61. The second-order valence-electron chi connectivity index (χ2n) is 5.78. The Morgan fingerprint density at radius 1 is 1.00 bits per heavy atom. The van der Waals surface area contributed by atoms with Gasteiger partial charge in [-0.25, -0.2) is 0 Å². The van der Waals surface area contributed by atoms with Gasteiger partial charge in [-0.3, -0.25) is 0 Å². The lowest BCUT2D eigenvalue weighted by atomic mass is 9.68. The maximum absolute atomic E-state index is 9.86. The highest BCUT2D eigenvalue weighted by Gasteiger charge is 2.39. The summed E-state index contributed by atoms with van der Waals surface area (Å²) in [5.74, 6) is 3.26. The molecule has 0 aromatic rings. The molecule has 2 saturated carbocycles. The molecule has 0 aromatic heterocycles. The van der Waals surface area contributed by atoms with Gasteiger partial charge in [0.15, 0.2) is 0 Å². The molecule has 2 aliphatic rings. The minimum absolute atomic E-state index is 0.00515. The van der Waals surface area contributed by atoms with Crippen LogP contribution in [-0.2, 0) is 0 Å². The molecular formula is C14H26O. The molecule has 0 spiro atoms. The van der Waals surface area contributed by atoms with E-state index in [0.717, 1.165) is 24.2 Å². The van der Waals surface area contributed by atoms with Crippen molar-refractivity contribution in [3.63, 3.8) is 0 Å². The first-order valence-electron chi connectivity index (χ1n) is 6.92. The predicted molar refractivity (Wildman–Crippen MR) is 63.6 cm³/mol. The van der Waals surface area contributed by atoms with Gasteiger partial charge in [-0.1, -0.05) is 39.5 Å². The van der Waals surface area contributed by atoms with Crippen molar-refractivity contribution in [1.29, 1.82) is 0 Å². The first-order valence-corrected chi connectivity index (χ1v) is 6.92. The van der Waals surface area contributed by atoms with Crippen LogP contribution < -0.4 is 0 Å². The smallest absolute Gasteiger partial charge is 0.0568 e. The fourth-order valence-corrected chi connectivity index (χ4v) is 4.09. The third kappa shape index (κ3) is 2.22. The molecule has 15 heavy (non-hydrogen) atoms. The molecule has 0 heterocycles.